The van der Waals surface area contributed by atoms with Gasteiger partial charge in [0.05, 0.1) is 11.5 Å². The lowest BCUT2D eigenvalue weighted by Crippen LogP contribution is -2.38. The second kappa shape index (κ2) is 5.56. The van der Waals surface area contributed by atoms with E-state index < -0.39 is 42.4 Å². The first-order valence-electron chi connectivity index (χ1n) is 5.87. The summed E-state index contributed by atoms with van der Waals surface area (Å²) >= 11 is 2.83. The number of hydrogen-bond donors (Lipinski definition) is 0. The SMILES string of the molecule is CN(C1CCS(=O)(=O)C1)S(=O)(=O)c1c(F)cc(F)cc1Br. The van der Waals surface area contributed by atoms with Crippen LogP contribution in [0.25, 0.3) is 0 Å². The number of sulfonamides is 1. The van der Waals surface area contributed by atoms with Crippen LogP contribution in [0, 0.1) is 11.6 Å². The van der Waals surface area contributed by atoms with Crippen LogP contribution in [0.3, 0.4) is 0 Å². The minimum Gasteiger partial charge on any atom is -0.229 e. The molecule has 0 aliphatic carbocycles. The minimum absolute atomic E-state index is 0.107. The molecule has 10 heteroatoms. The zero-order chi connectivity index (χ0) is 16.0. The molecule has 0 bridgehead atoms. The lowest BCUT2D eigenvalue weighted by atomic mass is 10.3. The number of sulfone groups is 1. The molecule has 0 aromatic heterocycles. The van der Waals surface area contributed by atoms with E-state index in [1.54, 1.807) is 0 Å². The van der Waals surface area contributed by atoms with Gasteiger partial charge in [0, 0.05) is 23.6 Å². The van der Waals surface area contributed by atoms with Crippen LogP contribution in [0.15, 0.2) is 21.5 Å². The summed E-state index contributed by atoms with van der Waals surface area (Å²) in [7, 11) is -6.36. The van der Waals surface area contributed by atoms with Gasteiger partial charge < -0.3 is 0 Å². The summed E-state index contributed by atoms with van der Waals surface area (Å²) in [5.74, 6) is -2.55. The van der Waals surface area contributed by atoms with Gasteiger partial charge in [-0.2, -0.15) is 4.31 Å². The zero-order valence-electron chi connectivity index (χ0n) is 10.9. The first-order chi connectivity index (χ1) is 9.54. The van der Waals surface area contributed by atoms with Gasteiger partial charge in [-0.1, -0.05) is 0 Å². The Hall–Kier alpha value is -0.580. The number of rotatable bonds is 3. The second-order valence-electron chi connectivity index (χ2n) is 4.78. The predicted octanol–water partition coefficient (Wildman–Crippen LogP) is 1.53. The van der Waals surface area contributed by atoms with Crippen molar-refractivity contribution in [2.24, 2.45) is 0 Å². The van der Waals surface area contributed by atoms with Gasteiger partial charge in [0.1, 0.15) is 16.5 Å². The molecule has 1 atom stereocenters. The van der Waals surface area contributed by atoms with Crippen LogP contribution in [0.1, 0.15) is 6.42 Å². The Bertz CT molecular complexity index is 756. The fourth-order valence-electron chi connectivity index (χ4n) is 2.18. The summed E-state index contributed by atoms with van der Waals surface area (Å²) in [6, 6.07) is 0.558. The van der Waals surface area contributed by atoms with Crippen LogP contribution in [-0.2, 0) is 19.9 Å². The van der Waals surface area contributed by atoms with Crippen molar-refractivity contribution in [1.29, 1.82) is 0 Å². The van der Waals surface area contributed by atoms with E-state index in [4.69, 9.17) is 0 Å². The molecule has 2 rings (SSSR count). The van der Waals surface area contributed by atoms with Gasteiger partial charge in [-0.05, 0) is 28.4 Å². The fourth-order valence-corrected chi connectivity index (χ4v) is 6.54. The quantitative estimate of drug-likeness (QED) is 0.767. The Morgan fingerprint density at radius 2 is 1.95 bits per heavy atom. The van der Waals surface area contributed by atoms with Crippen LogP contribution in [0.4, 0.5) is 8.78 Å². The lowest BCUT2D eigenvalue weighted by molar-refractivity contribution is 0.390. The van der Waals surface area contributed by atoms with Gasteiger partial charge >= 0.3 is 0 Å². The molecule has 1 aliphatic rings. The third-order valence-electron chi connectivity index (χ3n) is 3.32. The molecule has 5 nitrogen and oxygen atoms in total. The Kier molecular flexibility index (Phi) is 4.45. The van der Waals surface area contributed by atoms with Crippen molar-refractivity contribution in [2.45, 2.75) is 17.4 Å². The largest absolute Gasteiger partial charge is 0.247 e. The molecule has 118 valence electrons. The van der Waals surface area contributed by atoms with E-state index in [0.29, 0.717) is 6.07 Å². The summed E-state index contributed by atoms with van der Waals surface area (Å²) in [4.78, 5) is -0.698. The molecule has 21 heavy (non-hydrogen) atoms. The maximum absolute atomic E-state index is 13.8. The topological polar surface area (TPSA) is 71.5 Å². The van der Waals surface area contributed by atoms with Crippen molar-refractivity contribution >= 4 is 35.8 Å². The molecule has 1 heterocycles. The molecule has 0 spiro atoms. The smallest absolute Gasteiger partial charge is 0.229 e. The van der Waals surface area contributed by atoms with Crippen LogP contribution < -0.4 is 0 Å². The molecular weight excluding hydrogens is 392 g/mol. The Morgan fingerprint density at radius 3 is 2.43 bits per heavy atom. The van der Waals surface area contributed by atoms with Gasteiger partial charge in [0.25, 0.3) is 0 Å². The predicted molar refractivity (Wildman–Crippen MR) is 76.1 cm³/mol. The minimum atomic E-state index is -4.27. The Balaban J connectivity index is 2.44. The van der Waals surface area contributed by atoms with Crippen molar-refractivity contribution in [1.82, 2.24) is 4.31 Å². The van der Waals surface area contributed by atoms with Crippen molar-refractivity contribution in [3.05, 3.63) is 28.2 Å². The first kappa shape index (κ1) is 16.8. The van der Waals surface area contributed by atoms with E-state index in [1.165, 1.54) is 7.05 Å². The summed E-state index contributed by atoms with van der Waals surface area (Å²) in [5, 5.41) is 0. The van der Waals surface area contributed by atoms with Gasteiger partial charge in [0.2, 0.25) is 10.0 Å². The zero-order valence-corrected chi connectivity index (χ0v) is 14.1. The fraction of sp³-hybridized carbons (Fsp3) is 0.455. The molecule has 0 amide bonds. The maximum Gasteiger partial charge on any atom is 0.247 e. The van der Waals surface area contributed by atoms with Crippen molar-refractivity contribution < 1.29 is 25.6 Å². The summed E-state index contributed by atoms with van der Waals surface area (Å²) in [6.07, 6.45) is 0.151. The number of halogens is 3. The van der Waals surface area contributed by atoms with Crippen molar-refractivity contribution in [3.8, 4) is 0 Å². The molecule has 0 radical (unpaired) electrons. The van der Waals surface area contributed by atoms with Gasteiger partial charge in [-0.15, -0.1) is 0 Å². The third kappa shape index (κ3) is 3.27. The lowest BCUT2D eigenvalue weighted by Gasteiger charge is -2.23. The number of nitrogens with zero attached hydrogens (tertiary/aromatic N) is 1. The van der Waals surface area contributed by atoms with E-state index in [9.17, 15) is 25.6 Å². The van der Waals surface area contributed by atoms with Crippen molar-refractivity contribution in [3.63, 3.8) is 0 Å². The van der Waals surface area contributed by atoms with Crippen LogP contribution in [0.2, 0.25) is 0 Å². The second-order valence-corrected chi connectivity index (χ2v) is 9.79. The molecule has 1 aromatic carbocycles. The van der Waals surface area contributed by atoms with Crippen LogP contribution in [-0.4, -0.2) is 45.7 Å². The van der Waals surface area contributed by atoms with E-state index in [2.05, 4.69) is 15.9 Å². The highest BCUT2D eigenvalue weighted by atomic mass is 79.9. The molecule has 1 unspecified atom stereocenters. The number of benzene rings is 1. The summed E-state index contributed by atoms with van der Waals surface area (Å²) in [6.45, 7) is 0. The van der Waals surface area contributed by atoms with E-state index >= 15 is 0 Å². The average molecular weight is 404 g/mol. The summed E-state index contributed by atoms with van der Waals surface area (Å²) < 4.78 is 75.2. The molecule has 1 fully saturated rings. The highest BCUT2D eigenvalue weighted by Crippen LogP contribution is 2.31. The molecule has 0 N–H and O–H groups in total. The molecule has 1 aromatic rings. The third-order valence-corrected chi connectivity index (χ3v) is 7.95. The molecular formula is C11H12BrF2NO4S2. The average Bonchev–Trinajstić information content (AvgIpc) is 2.66. The summed E-state index contributed by atoms with van der Waals surface area (Å²) in [5.41, 5.74) is 0. The Labute approximate surface area is 130 Å². The van der Waals surface area contributed by atoms with E-state index in [0.717, 1.165) is 10.4 Å². The van der Waals surface area contributed by atoms with Crippen LogP contribution >= 0.6 is 15.9 Å². The van der Waals surface area contributed by atoms with Gasteiger partial charge in [-0.3, -0.25) is 0 Å². The molecule has 0 saturated carbocycles. The molecule has 1 saturated heterocycles. The van der Waals surface area contributed by atoms with Gasteiger partial charge in [0.15, 0.2) is 9.84 Å². The standard InChI is InChI=1S/C11H12BrF2NO4S2/c1-15(8-2-3-20(16,17)6-8)21(18,19)11-9(12)4-7(13)5-10(11)14/h4-5,8H,2-3,6H2,1H3. The Morgan fingerprint density at radius 1 is 1.33 bits per heavy atom. The highest BCUT2D eigenvalue weighted by molar-refractivity contribution is 9.10. The van der Waals surface area contributed by atoms with E-state index in [-0.39, 0.29) is 22.4 Å². The van der Waals surface area contributed by atoms with Crippen LogP contribution in [0.5, 0.6) is 0 Å². The monoisotopic (exact) mass is 403 g/mol. The number of hydrogen-bond acceptors (Lipinski definition) is 4. The van der Waals surface area contributed by atoms with Gasteiger partial charge in [-0.25, -0.2) is 25.6 Å². The van der Waals surface area contributed by atoms with Crippen molar-refractivity contribution in [2.75, 3.05) is 18.6 Å². The first-order valence-corrected chi connectivity index (χ1v) is 9.93. The molecule has 1 aliphatic heterocycles. The normalized spacial score (nSPS) is 21.9. The van der Waals surface area contributed by atoms with E-state index in [1.807, 2.05) is 0 Å². The highest BCUT2D eigenvalue weighted by Gasteiger charge is 2.38. The maximum atomic E-state index is 13.8.